The maximum atomic E-state index is 13.4. The Morgan fingerprint density at radius 2 is 1.61 bits per heavy atom. The average Bonchev–Trinajstić information content (AvgIpc) is 3.15. The summed E-state index contributed by atoms with van der Waals surface area (Å²) >= 11 is 0. The van der Waals surface area contributed by atoms with Gasteiger partial charge in [0.15, 0.2) is 19.9 Å². The molecule has 2 aliphatic carbocycles. The normalized spacial score (nSPS) is 33.5. The summed E-state index contributed by atoms with van der Waals surface area (Å²) in [5, 5.41) is 0. The fraction of sp³-hybridized carbons (Fsp3) is 0.885. The van der Waals surface area contributed by atoms with Gasteiger partial charge in [0, 0.05) is 13.0 Å². The van der Waals surface area contributed by atoms with Gasteiger partial charge in [0.05, 0.1) is 18.6 Å². The molecule has 5 heteroatoms. The van der Waals surface area contributed by atoms with Crippen LogP contribution < -0.4 is 0 Å². The van der Waals surface area contributed by atoms with E-state index in [2.05, 4.69) is 62.3 Å². The van der Waals surface area contributed by atoms with Crippen molar-refractivity contribution in [1.82, 2.24) is 0 Å². The number of carbonyl (C=O) groups excluding carboxylic acids is 1. The first-order chi connectivity index (χ1) is 14.4. The Kier molecular flexibility index (Phi) is 7.05. The number of hydrogen-bond acceptors (Lipinski definition) is 4. The third-order valence-electron chi connectivity index (χ3n) is 9.45. The Morgan fingerprint density at radius 1 is 1.06 bits per heavy atom. The lowest BCUT2D eigenvalue weighted by Crippen LogP contribution is -2.63. The molecule has 1 saturated carbocycles. The zero-order chi connectivity index (χ0) is 23.2. The zero-order valence-corrected chi connectivity index (χ0v) is 22.5. The summed E-state index contributed by atoms with van der Waals surface area (Å²) in [7, 11) is -1.91. The maximum Gasteiger partial charge on any atom is 0.200 e. The van der Waals surface area contributed by atoms with Crippen molar-refractivity contribution < 1.29 is 18.7 Å². The number of carbonyl (C=O) groups is 1. The minimum absolute atomic E-state index is 0.0868. The first kappa shape index (κ1) is 25.1. The number of ketones is 1. The quantitative estimate of drug-likeness (QED) is 0.407. The number of rotatable bonds is 7. The van der Waals surface area contributed by atoms with Gasteiger partial charge in [0.2, 0.25) is 0 Å². The molecule has 0 bridgehead atoms. The fourth-order valence-electron chi connectivity index (χ4n) is 7.66. The predicted molar refractivity (Wildman–Crippen MR) is 129 cm³/mol. The van der Waals surface area contributed by atoms with Crippen molar-refractivity contribution in [2.24, 2.45) is 16.7 Å². The molecule has 0 radical (unpaired) electrons. The van der Waals surface area contributed by atoms with Crippen molar-refractivity contribution in [3.05, 3.63) is 11.6 Å². The van der Waals surface area contributed by atoms with Gasteiger partial charge in [0.1, 0.15) is 0 Å². The molecular formula is C26H46O4Si. The summed E-state index contributed by atoms with van der Waals surface area (Å²) in [6.45, 7) is 22.6. The minimum Gasteiger partial charge on any atom is -0.416 e. The molecule has 1 heterocycles. The van der Waals surface area contributed by atoms with Crippen molar-refractivity contribution in [3.8, 4) is 0 Å². The van der Waals surface area contributed by atoms with Crippen LogP contribution in [0.5, 0.6) is 0 Å². The van der Waals surface area contributed by atoms with Crippen LogP contribution in [0.3, 0.4) is 0 Å². The highest BCUT2D eigenvalue weighted by molar-refractivity contribution is 6.77. The smallest absolute Gasteiger partial charge is 0.200 e. The van der Waals surface area contributed by atoms with Crippen LogP contribution in [0.25, 0.3) is 0 Å². The van der Waals surface area contributed by atoms with E-state index in [-0.39, 0.29) is 17.1 Å². The average molecular weight is 451 g/mol. The SMILES string of the molecule is CC1=CC(=O)[C@]2(C)[C@H](CCCC23OCCO3)[C@@]1(C)CCO[Si](C(C)C)(C(C)C)C(C)C. The van der Waals surface area contributed by atoms with Gasteiger partial charge in [0.25, 0.3) is 0 Å². The van der Waals surface area contributed by atoms with Gasteiger partial charge in [-0.05, 0) is 67.1 Å². The number of hydrogen-bond donors (Lipinski definition) is 0. The molecule has 178 valence electrons. The second kappa shape index (κ2) is 8.70. The molecule has 0 aromatic carbocycles. The molecule has 1 aliphatic heterocycles. The van der Waals surface area contributed by atoms with Crippen LogP contribution in [0.1, 0.15) is 88.0 Å². The third-order valence-corrected chi connectivity index (χ3v) is 15.6. The molecule has 1 spiro atoms. The molecular weight excluding hydrogens is 404 g/mol. The highest BCUT2D eigenvalue weighted by atomic mass is 28.4. The van der Waals surface area contributed by atoms with Crippen LogP contribution in [0.4, 0.5) is 0 Å². The molecule has 3 atom stereocenters. The Morgan fingerprint density at radius 3 is 2.13 bits per heavy atom. The maximum absolute atomic E-state index is 13.4. The van der Waals surface area contributed by atoms with Crippen molar-refractivity contribution in [2.75, 3.05) is 19.8 Å². The van der Waals surface area contributed by atoms with E-state index in [1.807, 2.05) is 6.08 Å². The van der Waals surface area contributed by atoms with E-state index >= 15 is 0 Å². The van der Waals surface area contributed by atoms with E-state index in [4.69, 9.17) is 13.9 Å². The second-order valence-corrected chi connectivity index (χ2v) is 17.1. The Hall–Kier alpha value is -0.493. The van der Waals surface area contributed by atoms with Gasteiger partial charge < -0.3 is 13.9 Å². The van der Waals surface area contributed by atoms with Crippen LogP contribution in [-0.2, 0) is 18.7 Å². The second-order valence-electron chi connectivity index (χ2n) is 11.6. The van der Waals surface area contributed by atoms with E-state index in [1.165, 1.54) is 5.57 Å². The molecule has 0 amide bonds. The van der Waals surface area contributed by atoms with Crippen LogP contribution in [0.2, 0.25) is 16.6 Å². The molecule has 2 fully saturated rings. The zero-order valence-electron chi connectivity index (χ0n) is 21.5. The molecule has 1 saturated heterocycles. The van der Waals surface area contributed by atoms with Gasteiger partial charge in [-0.2, -0.15) is 0 Å². The standard InChI is InChI=1S/C26H46O4Si/c1-18(2)31(19(3)4,20(5)6)30-14-13-24(8)21(7)17-23(27)25(9)22(24)11-10-12-26(25)28-15-16-29-26/h17-20,22H,10-16H2,1-9H3/t22-,24+,25+/m1/s1. The Bertz CT molecular complexity index is 684. The summed E-state index contributed by atoms with van der Waals surface area (Å²) < 4.78 is 19.4. The molecule has 3 aliphatic rings. The minimum atomic E-state index is -1.91. The van der Waals surface area contributed by atoms with Crippen LogP contribution >= 0.6 is 0 Å². The fourth-order valence-corrected chi connectivity index (χ4v) is 13.1. The summed E-state index contributed by atoms with van der Waals surface area (Å²) in [6, 6.07) is 0. The van der Waals surface area contributed by atoms with Crippen molar-refractivity contribution in [2.45, 2.75) is 110 Å². The Balaban J connectivity index is 1.90. The lowest BCUT2D eigenvalue weighted by atomic mass is 9.48. The van der Waals surface area contributed by atoms with E-state index in [9.17, 15) is 4.79 Å². The van der Waals surface area contributed by atoms with E-state index < -0.39 is 19.5 Å². The van der Waals surface area contributed by atoms with Gasteiger partial charge >= 0.3 is 0 Å². The van der Waals surface area contributed by atoms with Gasteiger partial charge in [-0.3, -0.25) is 4.79 Å². The summed E-state index contributed by atoms with van der Waals surface area (Å²) in [4.78, 5) is 13.4. The topological polar surface area (TPSA) is 44.8 Å². The first-order valence-corrected chi connectivity index (χ1v) is 14.7. The first-order valence-electron chi connectivity index (χ1n) is 12.5. The van der Waals surface area contributed by atoms with Crippen molar-refractivity contribution in [1.29, 1.82) is 0 Å². The van der Waals surface area contributed by atoms with Crippen molar-refractivity contribution in [3.63, 3.8) is 0 Å². The van der Waals surface area contributed by atoms with E-state index in [0.29, 0.717) is 29.8 Å². The molecule has 0 aromatic rings. The van der Waals surface area contributed by atoms with Crippen LogP contribution in [0.15, 0.2) is 11.6 Å². The molecule has 0 unspecified atom stereocenters. The summed E-state index contributed by atoms with van der Waals surface area (Å²) in [5.41, 5.74) is 2.22. The molecule has 3 rings (SSSR count). The number of allylic oxidation sites excluding steroid dienone is 2. The largest absolute Gasteiger partial charge is 0.416 e. The Labute approximate surface area is 191 Å². The van der Waals surface area contributed by atoms with Crippen LogP contribution in [0, 0.1) is 16.7 Å². The van der Waals surface area contributed by atoms with Crippen LogP contribution in [-0.4, -0.2) is 39.7 Å². The number of fused-ring (bicyclic) bond motifs is 2. The number of ether oxygens (including phenoxy) is 2. The molecule has 4 nitrogen and oxygen atoms in total. The van der Waals surface area contributed by atoms with Gasteiger partial charge in [-0.1, -0.05) is 54.0 Å². The monoisotopic (exact) mass is 450 g/mol. The molecule has 0 N–H and O–H groups in total. The summed E-state index contributed by atoms with van der Waals surface area (Å²) in [6.07, 6.45) is 5.74. The predicted octanol–water partition coefficient (Wildman–Crippen LogP) is 6.65. The summed E-state index contributed by atoms with van der Waals surface area (Å²) in [5.74, 6) is -0.357. The van der Waals surface area contributed by atoms with Gasteiger partial charge in [-0.25, -0.2) is 0 Å². The van der Waals surface area contributed by atoms with E-state index in [1.54, 1.807) is 0 Å². The highest BCUT2D eigenvalue weighted by Crippen LogP contribution is 2.63. The molecule has 0 aromatic heterocycles. The van der Waals surface area contributed by atoms with Crippen molar-refractivity contribution >= 4 is 14.1 Å². The van der Waals surface area contributed by atoms with Gasteiger partial charge in [-0.15, -0.1) is 0 Å². The lowest BCUT2D eigenvalue weighted by molar-refractivity contribution is -0.268. The third kappa shape index (κ3) is 3.62. The highest BCUT2D eigenvalue weighted by Gasteiger charge is 2.67. The lowest BCUT2D eigenvalue weighted by Gasteiger charge is -2.59. The molecule has 31 heavy (non-hydrogen) atoms. The van der Waals surface area contributed by atoms with E-state index in [0.717, 1.165) is 32.3 Å².